The van der Waals surface area contributed by atoms with Gasteiger partial charge in [0.1, 0.15) is 11.4 Å². The highest BCUT2D eigenvalue weighted by atomic mass is 19.3. The molecular weight excluding hydrogens is 453 g/mol. The molecule has 2 saturated heterocycles. The van der Waals surface area contributed by atoms with Gasteiger partial charge in [-0.05, 0) is 23.8 Å². The smallest absolute Gasteiger partial charge is 0.387 e. The summed E-state index contributed by atoms with van der Waals surface area (Å²) in [5.74, 6) is 0.564. The van der Waals surface area contributed by atoms with Gasteiger partial charge in [-0.3, -0.25) is 4.79 Å². The Morgan fingerprint density at radius 3 is 2.56 bits per heavy atom. The Morgan fingerprint density at radius 2 is 1.88 bits per heavy atom. The molecular formula is C22H19F3N6O3. The van der Waals surface area contributed by atoms with Crippen LogP contribution in [0.2, 0.25) is 0 Å². The van der Waals surface area contributed by atoms with Crippen LogP contribution in [0.15, 0.2) is 36.5 Å². The van der Waals surface area contributed by atoms with Crippen LogP contribution in [0.3, 0.4) is 0 Å². The number of hydrogen-bond acceptors (Lipinski definition) is 9. The fraction of sp³-hybridized carbons (Fsp3) is 0.318. The molecule has 2 aromatic heterocycles. The molecule has 176 valence electrons. The molecule has 2 fully saturated rings. The SMILES string of the molecule is O=Cc1nnc(Nc2nc(N3CC4COCC4C3)ncc2F)cc1-c1ccc(OC(F)F)cc1. The fourth-order valence-corrected chi connectivity index (χ4v) is 4.17. The average molecular weight is 472 g/mol. The Labute approximate surface area is 191 Å². The van der Waals surface area contributed by atoms with Crippen molar-refractivity contribution >= 4 is 23.9 Å². The number of hydrogen-bond donors (Lipinski definition) is 1. The van der Waals surface area contributed by atoms with Crippen LogP contribution in [-0.4, -0.2) is 59.4 Å². The van der Waals surface area contributed by atoms with Crippen LogP contribution >= 0.6 is 0 Å². The van der Waals surface area contributed by atoms with Crippen molar-refractivity contribution in [1.29, 1.82) is 0 Å². The molecule has 0 saturated carbocycles. The zero-order chi connectivity index (χ0) is 23.7. The van der Waals surface area contributed by atoms with Crippen molar-refractivity contribution < 1.29 is 27.4 Å². The quantitative estimate of drug-likeness (QED) is 0.519. The van der Waals surface area contributed by atoms with E-state index in [1.807, 2.05) is 4.90 Å². The minimum Gasteiger partial charge on any atom is -0.435 e. The number of anilines is 3. The van der Waals surface area contributed by atoms with Gasteiger partial charge in [0.05, 0.1) is 19.4 Å². The lowest BCUT2D eigenvalue weighted by Gasteiger charge is -2.18. The molecule has 0 radical (unpaired) electrons. The molecule has 0 amide bonds. The van der Waals surface area contributed by atoms with Crippen molar-refractivity contribution in [2.24, 2.45) is 11.8 Å². The molecule has 1 aromatic carbocycles. The first-order valence-corrected chi connectivity index (χ1v) is 10.5. The number of carbonyl (C=O) groups is 1. The summed E-state index contributed by atoms with van der Waals surface area (Å²) in [4.78, 5) is 21.9. The third-order valence-corrected chi connectivity index (χ3v) is 5.83. The number of carbonyl (C=O) groups excluding carboxylic acids is 1. The Kier molecular flexibility index (Phi) is 5.97. The van der Waals surface area contributed by atoms with Crippen molar-refractivity contribution in [3.8, 4) is 16.9 Å². The van der Waals surface area contributed by atoms with Crippen LogP contribution < -0.4 is 15.0 Å². The predicted octanol–water partition coefficient (Wildman–Crippen LogP) is 3.31. The molecule has 9 nitrogen and oxygen atoms in total. The molecule has 5 rings (SSSR count). The zero-order valence-electron chi connectivity index (χ0n) is 17.7. The normalized spacial score (nSPS) is 19.4. The number of nitrogens with zero attached hydrogens (tertiary/aromatic N) is 5. The van der Waals surface area contributed by atoms with E-state index in [2.05, 4.69) is 30.2 Å². The number of rotatable bonds is 7. The number of aromatic nitrogens is 4. The first-order chi connectivity index (χ1) is 16.5. The van der Waals surface area contributed by atoms with Gasteiger partial charge < -0.3 is 19.7 Å². The van der Waals surface area contributed by atoms with E-state index in [1.54, 1.807) is 0 Å². The molecule has 1 N–H and O–H groups in total. The summed E-state index contributed by atoms with van der Waals surface area (Å²) >= 11 is 0. The average Bonchev–Trinajstić information content (AvgIpc) is 3.43. The van der Waals surface area contributed by atoms with Crippen molar-refractivity contribution in [2.75, 3.05) is 36.5 Å². The second-order valence-electron chi connectivity index (χ2n) is 8.00. The van der Waals surface area contributed by atoms with E-state index < -0.39 is 12.4 Å². The fourth-order valence-electron chi connectivity index (χ4n) is 4.17. The highest BCUT2D eigenvalue weighted by molar-refractivity contribution is 5.86. The van der Waals surface area contributed by atoms with Gasteiger partial charge in [0.15, 0.2) is 23.7 Å². The van der Waals surface area contributed by atoms with Crippen molar-refractivity contribution in [3.05, 3.63) is 48.0 Å². The molecule has 12 heteroatoms. The summed E-state index contributed by atoms with van der Waals surface area (Å²) in [6.07, 6.45) is 1.61. The second kappa shape index (κ2) is 9.21. The third kappa shape index (κ3) is 4.49. The molecule has 3 aromatic rings. The van der Waals surface area contributed by atoms with Gasteiger partial charge >= 0.3 is 6.61 Å². The summed E-state index contributed by atoms with van der Waals surface area (Å²) in [7, 11) is 0. The largest absolute Gasteiger partial charge is 0.435 e. The maximum atomic E-state index is 14.5. The van der Waals surface area contributed by atoms with Crippen LogP contribution in [-0.2, 0) is 4.74 Å². The molecule has 2 aliphatic rings. The van der Waals surface area contributed by atoms with Crippen molar-refractivity contribution in [3.63, 3.8) is 0 Å². The maximum absolute atomic E-state index is 14.5. The van der Waals surface area contributed by atoms with Crippen LogP contribution in [0, 0.1) is 17.7 Å². The minimum atomic E-state index is -2.95. The summed E-state index contributed by atoms with van der Waals surface area (Å²) in [5, 5.41) is 10.6. The summed E-state index contributed by atoms with van der Waals surface area (Å²) in [6.45, 7) is -0.0809. The third-order valence-electron chi connectivity index (χ3n) is 5.83. The number of alkyl halides is 2. The Balaban J connectivity index is 1.39. The number of fused-ring (bicyclic) bond motifs is 1. The molecule has 34 heavy (non-hydrogen) atoms. The first kappa shape index (κ1) is 22.0. The predicted molar refractivity (Wildman–Crippen MR) is 115 cm³/mol. The number of aldehydes is 1. The van der Waals surface area contributed by atoms with Gasteiger partial charge in [-0.2, -0.15) is 13.8 Å². The molecule has 0 bridgehead atoms. The summed E-state index contributed by atoms with van der Waals surface area (Å²) in [5.41, 5.74) is 0.914. The van der Waals surface area contributed by atoms with Crippen molar-refractivity contribution in [2.45, 2.75) is 6.61 Å². The van der Waals surface area contributed by atoms with E-state index in [0.717, 1.165) is 19.3 Å². The molecule has 0 aliphatic carbocycles. The van der Waals surface area contributed by atoms with Gasteiger partial charge in [-0.25, -0.2) is 9.37 Å². The second-order valence-corrected chi connectivity index (χ2v) is 8.00. The van der Waals surface area contributed by atoms with Gasteiger partial charge in [-0.15, -0.1) is 10.2 Å². The van der Waals surface area contributed by atoms with E-state index in [0.29, 0.717) is 48.4 Å². The van der Waals surface area contributed by atoms with Crippen LogP contribution in [0.25, 0.3) is 11.1 Å². The maximum Gasteiger partial charge on any atom is 0.387 e. The lowest BCUT2D eigenvalue weighted by Crippen LogP contribution is -2.24. The van der Waals surface area contributed by atoms with E-state index in [9.17, 15) is 18.0 Å². The Morgan fingerprint density at radius 1 is 1.15 bits per heavy atom. The number of benzene rings is 1. The van der Waals surface area contributed by atoms with E-state index >= 15 is 0 Å². The van der Waals surface area contributed by atoms with E-state index in [-0.39, 0.29) is 23.1 Å². The first-order valence-electron chi connectivity index (χ1n) is 10.5. The molecule has 2 atom stereocenters. The Bertz CT molecular complexity index is 1190. The van der Waals surface area contributed by atoms with Crippen LogP contribution in [0.5, 0.6) is 5.75 Å². The lowest BCUT2D eigenvalue weighted by molar-refractivity contribution is -0.0498. The van der Waals surface area contributed by atoms with Gasteiger partial charge in [-0.1, -0.05) is 12.1 Å². The Hall–Kier alpha value is -3.80. The van der Waals surface area contributed by atoms with Crippen molar-refractivity contribution in [1.82, 2.24) is 20.2 Å². The van der Waals surface area contributed by atoms with E-state index in [4.69, 9.17) is 4.74 Å². The topological polar surface area (TPSA) is 102 Å². The van der Waals surface area contributed by atoms with Gasteiger partial charge in [0, 0.05) is 30.5 Å². The summed E-state index contributed by atoms with van der Waals surface area (Å²) in [6, 6.07) is 7.19. The van der Waals surface area contributed by atoms with Gasteiger partial charge in [0.2, 0.25) is 5.95 Å². The lowest BCUT2D eigenvalue weighted by atomic mass is 10.0. The minimum absolute atomic E-state index is 0.0278. The monoisotopic (exact) mass is 472 g/mol. The number of ether oxygens (including phenoxy) is 2. The van der Waals surface area contributed by atoms with E-state index in [1.165, 1.54) is 30.3 Å². The number of halogens is 3. The molecule has 2 aliphatic heterocycles. The van der Waals surface area contributed by atoms with Crippen LogP contribution in [0.1, 0.15) is 10.5 Å². The molecule has 4 heterocycles. The molecule has 2 unspecified atom stereocenters. The van der Waals surface area contributed by atoms with Crippen LogP contribution in [0.4, 0.5) is 30.8 Å². The standard InChI is InChI=1S/C22H19F3N6O3/c23-17-6-26-22(31-7-13-10-33-11-14(13)8-31)28-20(17)27-19-5-16(18(9-32)29-30-19)12-1-3-15(4-2-12)34-21(24)25/h1-6,9,13-14,21H,7-8,10-11H2,(H,26,27,28,30). The zero-order valence-corrected chi connectivity index (χ0v) is 17.7. The van der Waals surface area contributed by atoms with Gasteiger partial charge in [0.25, 0.3) is 0 Å². The molecule has 0 spiro atoms. The highest BCUT2D eigenvalue weighted by Gasteiger charge is 2.38. The summed E-state index contributed by atoms with van der Waals surface area (Å²) < 4.78 is 49.1. The highest BCUT2D eigenvalue weighted by Crippen LogP contribution is 2.32. The number of nitrogens with one attached hydrogen (secondary N) is 1.